The normalized spacial score (nSPS) is 10.9. The van der Waals surface area contributed by atoms with Gasteiger partial charge in [-0.05, 0) is 30.7 Å². The standard InChI is InChI=1S/C10H10BrNO2S/c11-9-3-5-10(6-4-9)15(13,14)8-2-1-7-12/h3-6H,1-2,8H2. The van der Waals surface area contributed by atoms with Crippen molar-refractivity contribution < 1.29 is 8.42 Å². The number of nitriles is 1. The number of halogens is 1. The maximum atomic E-state index is 11.7. The molecule has 0 bridgehead atoms. The Morgan fingerprint density at radius 1 is 1.27 bits per heavy atom. The first-order valence-corrected chi connectivity index (χ1v) is 6.86. The Balaban J connectivity index is 2.79. The summed E-state index contributed by atoms with van der Waals surface area (Å²) in [5.41, 5.74) is 0. The third kappa shape index (κ3) is 3.65. The van der Waals surface area contributed by atoms with Crippen LogP contribution in [0.4, 0.5) is 0 Å². The van der Waals surface area contributed by atoms with Crippen LogP contribution in [0.15, 0.2) is 33.6 Å². The molecule has 0 aliphatic heterocycles. The number of nitrogens with zero attached hydrogens (tertiary/aromatic N) is 1. The van der Waals surface area contributed by atoms with E-state index < -0.39 is 9.84 Å². The first-order valence-electron chi connectivity index (χ1n) is 4.41. The molecule has 0 amide bonds. The Hall–Kier alpha value is -0.860. The van der Waals surface area contributed by atoms with Gasteiger partial charge < -0.3 is 0 Å². The third-order valence-corrected chi connectivity index (χ3v) is 4.22. The summed E-state index contributed by atoms with van der Waals surface area (Å²) in [7, 11) is -3.22. The molecule has 1 aromatic carbocycles. The Labute approximate surface area is 97.8 Å². The van der Waals surface area contributed by atoms with E-state index in [0.717, 1.165) is 4.47 Å². The zero-order valence-corrected chi connectivity index (χ0v) is 10.4. The second kappa shape index (κ2) is 5.29. The van der Waals surface area contributed by atoms with Gasteiger partial charge in [0.15, 0.2) is 9.84 Å². The van der Waals surface area contributed by atoms with Crippen molar-refractivity contribution in [1.82, 2.24) is 0 Å². The van der Waals surface area contributed by atoms with Gasteiger partial charge in [0.1, 0.15) is 0 Å². The van der Waals surface area contributed by atoms with Crippen molar-refractivity contribution in [1.29, 1.82) is 5.26 Å². The summed E-state index contributed by atoms with van der Waals surface area (Å²) >= 11 is 3.24. The number of hydrogen-bond acceptors (Lipinski definition) is 3. The molecular formula is C10H10BrNO2S. The van der Waals surface area contributed by atoms with Crippen LogP contribution < -0.4 is 0 Å². The van der Waals surface area contributed by atoms with Crippen LogP contribution in [0.3, 0.4) is 0 Å². The predicted molar refractivity (Wildman–Crippen MR) is 61.0 cm³/mol. The minimum atomic E-state index is -3.22. The molecule has 0 heterocycles. The summed E-state index contributed by atoms with van der Waals surface area (Å²) in [6.07, 6.45) is 0.657. The van der Waals surface area contributed by atoms with Crippen molar-refractivity contribution in [3.8, 4) is 6.07 Å². The fraction of sp³-hybridized carbons (Fsp3) is 0.300. The minimum absolute atomic E-state index is 0.0300. The fourth-order valence-corrected chi connectivity index (χ4v) is 2.68. The van der Waals surface area contributed by atoms with Crippen molar-refractivity contribution in [2.45, 2.75) is 17.7 Å². The van der Waals surface area contributed by atoms with E-state index in [4.69, 9.17) is 5.26 Å². The van der Waals surface area contributed by atoms with Gasteiger partial charge in [-0.25, -0.2) is 8.42 Å². The van der Waals surface area contributed by atoms with Crippen molar-refractivity contribution in [3.05, 3.63) is 28.7 Å². The van der Waals surface area contributed by atoms with E-state index in [1.165, 1.54) is 0 Å². The second-order valence-corrected chi connectivity index (χ2v) is 6.06. The quantitative estimate of drug-likeness (QED) is 0.800. The zero-order chi connectivity index (χ0) is 11.3. The van der Waals surface area contributed by atoms with Crippen LogP contribution in [0.5, 0.6) is 0 Å². The van der Waals surface area contributed by atoms with E-state index in [-0.39, 0.29) is 12.2 Å². The van der Waals surface area contributed by atoms with Gasteiger partial charge in [-0.2, -0.15) is 5.26 Å². The van der Waals surface area contributed by atoms with Gasteiger partial charge in [-0.3, -0.25) is 0 Å². The van der Waals surface area contributed by atoms with Gasteiger partial charge in [0.2, 0.25) is 0 Å². The molecule has 3 nitrogen and oxygen atoms in total. The first kappa shape index (κ1) is 12.2. The molecule has 0 unspecified atom stereocenters. The SMILES string of the molecule is N#CCCCS(=O)(=O)c1ccc(Br)cc1. The molecule has 0 fully saturated rings. The molecule has 5 heteroatoms. The monoisotopic (exact) mass is 287 g/mol. The molecule has 0 saturated heterocycles. The number of hydrogen-bond donors (Lipinski definition) is 0. The van der Waals surface area contributed by atoms with Gasteiger partial charge in [0.25, 0.3) is 0 Å². The number of rotatable bonds is 4. The number of benzene rings is 1. The first-order chi connectivity index (χ1) is 7.06. The largest absolute Gasteiger partial charge is 0.224 e. The molecule has 15 heavy (non-hydrogen) atoms. The highest BCUT2D eigenvalue weighted by Gasteiger charge is 2.13. The van der Waals surface area contributed by atoms with E-state index in [9.17, 15) is 8.42 Å². The molecular weight excluding hydrogens is 278 g/mol. The molecule has 0 saturated carbocycles. The highest BCUT2D eigenvalue weighted by atomic mass is 79.9. The molecule has 1 aromatic rings. The molecule has 1 rings (SSSR count). The fourth-order valence-electron chi connectivity index (χ4n) is 1.10. The smallest absolute Gasteiger partial charge is 0.178 e. The van der Waals surface area contributed by atoms with E-state index >= 15 is 0 Å². The average molecular weight is 288 g/mol. The summed E-state index contributed by atoms with van der Waals surface area (Å²) in [5, 5.41) is 8.32. The summed E-state index contributed by atoms with van der Waals surface area (Å²) in [6.45, 7) is 0. The molecule has 0 aromatic heterocycles. The van der Waals surface area contributed by atoms with E-state index in [0.29, 0.717) is 11.3 Å². The zero-order valence-electron chi connectivity index (χ0n) is 7.98. The highest BCUT2D eigenvalue weighted by Crippen LogP contribution is 2.16. The minimum Gasteiger partial charge on any atom is -0.224 e. The lowest BCUT2D eigenvalue weighted by Crippen LogP contribution is -2.06. The predicted octanol–water partition coefficient (Wildman–Crippen LogP) is 2.53. The maximum absolute atomic E-state index is 11.7. The van der Waals surface area contributed by atoms with E-state index in [1.54, 1.807) is 24.3 Å². The van der Waals surface area contributed by atoms with Crippen LogP contribution in [0.1, 0.15) is 12.8 Å². The van der Waals surface area contributed by atoms with E-state index in [1.807, 2.05) is 6.07 Å². The van der Waals surface area contributed by atoms with Gasteiger partial charge in [-0.15, -0.1) is 0 Å². The molecule has 0 atom stereocenters. The molecule has 0 aliphatic rings. The highest BCUT2D eigenvalue weighted by molar-refractivity contribution is 9.10. The van der Waals surface area contributed by atoms with Crippen molar-refractivity contribution in [2.24, 2.45) is 0 Å². The van der Waals surface area contributed by atoms with Crippen LogP contribution in [0.2, 0.25) is 0 Å². The van der Waals surface area contributed by atoms with Crippen molar-refractivity contribution >= 4 is 25.8 Å². The van der Waals surface area contributed by atoms with Crippen molar-refractivity contribution in [3.63, 3.8) is 0 Å². The van der Waals surface area contributed by atoms with E-state index in [2.05, 4.69) is 15.9 Å². The van der Waals surface area contributed by atoms with Crippen molar-refractivity contribution in [2.75, 3.05) is 5.75 Å². The number of unbranched alkanes of at least 4 members (excludes halogenated alkanes) is 1. The Bertz CT molecular complexity index is 459. The maximum Gasteiger partial charge on any atom is 0.178 e. The Kier molecular flexibility index (Phi) is 4.30. The lowest BCUT2D eigenvalue weighted by molar-refractivity contribution is 0.593. The summed E-state index contributed by atoms with van der Waals surface area (Å²) in [6, 6.07) is 8.43. The summed E-state index contributed by atoms with van der Waals surface area (Å²) < 4.78 is 24.2. The third-order valence-electron chi connectivity index (χ3n) is 1.87. The summed E-state index contributed by atoms with van der Waals surface area (Å²) in [4.78, 5) is 0.309. The second-order valence-electron chi connectivity index (χ2n) is 3.03. The van der Waals surface area contributed by atoms with Gasteiger partial charge in [-0.1, -0.05) is 15.9 Å². The van der Waals surface area contributed by atoms with Crippen LogP contribution in [0, 0.1) is 11.3 Å². The molecule has 80 valence electrons. The van der Waals surface area contributed by atoms with Gasteiger partial charge >= 0.3 is 0 Å². The average Bonchev–Trinajstić information content (AvgIpc) is 2.18. The van der Waals surface area contributed by atoms with Gasteiger partial charge in [0, 0.05) is 10.9 Å². The van der Waals surface area contributed by atoms with Crippen LogP contribution in [-0.2, 0) is 9.84 Å². The lowest BCUT2D eigenvalue weighted by Gasteiger charge is -2.02. The summed E-state index contributed by atoms with van der Waals surface area (Å²) in [5.74, 6) is 0.0300. The molecule has 0 spiro atoms. The molecule has 0 aliphatic carbocycles. The Morgan fingerprint density at radius 2 is 1.87 bits per heavy atom. The van der Waals surface area contributed by atoms with Crippen LogP contribution >= 0.6 is 15.9 Å². The molecule has 0 radical (unpaired) electrons. The number of sulfone groups is 1. The molecule has 0 N–H and O–H groups in total. The Morgan fingerprint density at radius 3 is 2.40 bits per heavy atom. The van der Waals surface area contributed by atoms with Crippen LogP contribution in [-0.4, -0.2) is 14.2 Å². The van der Waals surface area contributed by atoms with Crippen LogP contribution in [0.25, 0.3) is 0 Å². The lowest BCUT2D eigenvalue weighted by atomic mass is 10.4. The van der Waals surface area contributed by atoms with Gasteiger partial charge in [0.05, 0.1) is 16.7 Å². The topological polar surface area (TPSA) is 57.9 Å².